The summed E-state index contributed by atoms with van der Waals surface area (Å²) < 4.78 is 0. The molecule has 25 heavy (non-hydrogen) atoms. The van der Waals surface area contributed by atoms with Gasteiger partial charge in [-0.05, 0) is 55.5 Å². The van der Waals surface area contributed by atoms with E-state index in [0.29, 0.717) is 11.0 Å². The van der Waals surface area contributed by atoms with Gasteiger partial charge in [0.1, 0.15) is 5.52 Å². The van der Waals surface area contributed by atoms with Crippen molar-refractivity contribution in [1.29, 1.82) is 0 Å². The van der Waals surface area contributed by atoms with Crippen LogP contribution >= 0.6 is 0 Å². The first kappa shape index (κ1) is 15.7. The number of amides is 1. The van der Waals surface area contributed by atoms with E-state index in [-0.39, 0.29) is 17.8 Å². The van der Waals surface area contributed by atoms with Crippen LogP contribution in [0.4, 0.5) is 0 Å². The average Bonchev–Trinajstić information content (AvgIpc) is 3.12. The van der Waals surface area contributed by atoms with Crippen LogP contribution < -0.4 is 0 Å². The van der Waals surface area contributed by atoms with Crippen molar-refractivity contribution >= 4 is 16.9 Å². The highest BCUT2D eigenvalue weighted by Gasteiger charge is 2.33. The minimum absolute atomic E-state index is 0.0856. The molecule has 4 rings (SSSR count). The first-order valence-electron chi connectivity index (χ1n) is 8.61. The largest absolute Gasteiger partial charge is 0.329 e. The monoisotopic (exact) mass is 332 g/mol. The van der Waals surface area contributed by atoms with Crippen molar-refractivity contribution < 1.29 is 4.79 Å². The molecule has 0 unspecified atom stereocenters. The minimum atomic E-state index is -0.137. The van der Waals surface area contributed by atoms with Crippen molar-refractivity contribution in [2.24, 2.45) is 0 Å². The molecule has 1 saturated heterocycles. The first-order valence-corrected chi connectivity index (χ1v) is 8.61. The van der Waals surface area contributed by atoms with Gasteiger partial charge < -0.3 is 4.90 Å². The predicted molar refractivity (Wildman–Crippen MR) is 96.3 cm³/mol. The van der Waals surface area contributed by atoms with Crippen LogP contribution in [-0.2, 0) is 0 Å². The quantitative estimate of drug-likeness (QED) is 0.719. The Balaban J connectivity index is 1.69. The van der Waals surface area contributed by atoms with E-state index in [1.165, 1.54) is 16.7 Å². The number of hydrogen-bond acceptors (Lipinski definition) is 4. The maximum Gasteiger partial charge on any atom is 0.294 e. The zero-order valence-corrected chi connectivity index (χ0v) is 14.4. The zero-order valence-electron chi connectivity index (χ0n) is 14.4. The standard InChI is InChI=1S/C20H20N4O/c1-13-7-5-8-15(14(13)2)18-11-6-12-24(18)20(25)19-21-16-9-3-4-10-17(16)22-23-19/h3-5,7-10,18H,6,11-12H2,1-2H3/t18-/m1/s1. The topological polar surface area (TPSA) is 59.0 Å². The number of carbonyl (C=O) groups is 1. The van der Waals surface area contributed by atoms with Gasteiger partial charge in [-0.15, -0.1) is 10.2 Å². The Morgan fingerprint density at radius 2 is 1.84 bits per heavy atom. The Morgan fingerprint density at radius 1 is 1.04 bits per heavy atom. The summed E-state index contributed by atoms with van der Waals surface area (Å²) >= 11 is 0. The van der Waals surface area contributed by atoms with Crippen molar-refractivity contribution in [3.8, 4) is 0 Å². The summed E-state index contributed by atoms with van der Waals surface area (Å²) in [6, 6.07) is 13.9. The van der Waals surface area contributed by atoms with Gasteiger partial charge in [-0.1, -0.05) is 30.3 Å². The maximum atomic E-state index is 13.0. The lowest BCUT2D eigenvalue weighted by Gasteiger charge is -2.26. The molecule has 126 valence electrons. The second-order valence-electron chi connectivity index (χ2n) is 6.57. The number of nitrogens with zero attached hydrogens (tertiary/aromatic N) is 4. The number of rotatable bonds is 2. The van der Waals surface area contributed by atoms with Gasteiger partial charge in [0.05, 0.1) is 11.6 Å². The van der Waals surface area contributed by atoms with Crippen LogP contribution in [0.5, 0.6) is 0 Å². The average molecular weight is 332 g/mol. The highest BCUT2D eigenvalue weighted by molar-refractivity contribution is 5.92. The van der Waals surface area contributed by atoms with Gasteiger partial charge in [0, 0.05) is 6.54 Å². The molecule has 0 bridgehead atoms. The summed E-state index contributed by atoms with van der Waals surface area (Å²) in [5, 5.41) is 8.21. The molecule has 2 heterocycles. The van der Waals surface area contributed by atoms with Crippen molar-refractivity contribution in [2.45, 2.75) is 32.7 Å². The molecule has 2 aromatic carbocycles. The SMILES string of the molecule is Cc1cccc([C@H]2CCCN2C(=O)c2nnc3ccccc3n2)c1C. The van der Waals surface area contributed by atoms with E-state index in [2.05, 4.69) is 47.2 Å². The third-order valence-corrected chi connectivity index (χ3v) is 5.07. The lowest BCUT2D eigenvalue weighted by molar-refractivity contribution is 0.0722. The molecular weight excluding hydrogens is 312 g/mol. The zero-order chi connectivity index (χ0) is 17.4. The van der Waals surface area contributed by atoms with E-state index in [4.69, 9.17) is 0 Å². The van der Waals surface area contributed by atoms with Crippen LogP contribution in [0.2, 0.25) is 0 Å². The van der Waals surface area contributed by atoms with E-state index in [1.807, 2.05) is 29.2 Å². The number of likely N-dealkylation sites (tertiary alicyclic amines) is 1. The second kappa shape index (κ2) is 6.24. The molecule has 5 heteroatoms. The highest BCUT2D eigenvalue weighted by atomic mass is 16.2. The van der Waals surface area contributed by atoms with Gasteiger partial charge in [-0.3, -0.25) is 4.79 Å². The molecule has 1 atom stereocenters. The molecule has 0 saturated carbocycles. The molecule has 1 amide bonds. The molecule has 1 aromatic heterocycles. The highest BCUT2D eigenvalue weighted by Crippen LogP contribution is 2.35. The molecule has 5 nitrogen and oxygen atoms in total. The van der Waals surface area contributed by atoms with E-state index < -0.39 is 0 Å². The number of fused-ring (bicyclic) bond motifs is 1. The van der Waals surface area contributed by atoms with Crippen LogP contribution in [0.25, 0.3) is 11.0 Å². The lowest BCUT2D eigenvalue weighted by Crippen LogP contribution is -2.32. The van der Waals surface area contributed by atoms with Gasteiger partial charge in [0.2, 0.25) is 5.82 Å². The van der Waals surface area contributed by atoms with E-state index in [9.17, 15) is 4.79 Å². The smallest absolute Gasteiger partial charge is 0.294 e. The number of para-hydroxylation sites is 1. The van der Waals surface area contributed by atoms with Gasteiger partial charge in [-0.25, -0.2) is 4.98 Å². The molecule has 3 aromatic rings. The fraction of sp³-hybridized carbons (Fsp3) is 0.300. The summed E-state index contributed by atoms with van der Waals surface area (Å²) in [5.41, 5.74) is 5.12. The number of carbonyl (C=O) groups excluding carboxylic acids is 1. The third kappa shape index (κ3) is 2.76. The van der Waals surface area contributed by atoms with Crippen LogP contribution in [0.1, 0.15) is 46.2 Å². The summed E-state index contributed by atoms with van der Waals surface area (Å²) in [6.07, 6.45) is 1.96. The van der Waals surface area contributed by atoms with Crippen LogP contribution in [0.15, 0.2) is 42.5 Å². The summed E-state index contributed by atoms with van der Waals surface area (Å²) in [4.78, 5) is 19.4. The van der Waals surface area contributed by atoms with Crippen LogP contribution in [-0.4, -0.2) is 32.5 Å². The molecular formula is C20H20N4O. The van der Waals surface area contributed by atoms with Crippen LogP contribution in [0, 0.1) is 13.8 Å². The van der Waals surface area contributed by atoms with Crippen LogP contribution in [0.3, 0.4) is 0 Å². The number of aryl methyl sites for hydroxylation is 1. The van der Waals surface area contributed by atoms with E-state index >= 15 is 0 Å². The van der Waals surface area contributed by atoms with Gasteiger partial charge in [0.15, 0.2) is 0 Å². The Morgan fingerprint density at radius 3 is 2.68 bits per heavy atom. The van der Waals surface area contributed by atoms with Crippen molar-refractivity contribution in [2.75, 3.05) is 6.54 Å². The van der Waals surface area contributed by atoms with Crippen molar-refractivity contribution in [3.63, 3.8) is 0 Å². The number of hydrogen-bond donors (Lipinski definition) is 0. The Bertz CT molecular complexity index is 953. The van der Waals surface area contributed by atoms with Gasteiger partial charge in [-0.2, -0.15) is 0 Å². The molecule has 0 N–H and O–H groups in total. The number of benzene rings is 2. The third-order valence-electron chi connectivity index (χ3n) is 5.07. The van der Waals surface area contributed by atoms with Crippen molar-refractivity contribution in [3.05, 3.63) is 65.0 Å². The number of aromatic nitrogens is 3. The molecule has 1 aliphatic rings. The molecule has 1 fully saturated rings. The lowest BCUT2D eigenvalue weighted by atomic mass is 9.96. The fourth-order valence-corrected chi connectivity index (χ4v) is 3.57. The Labute approximate surface area is 146 Å². The van der Waals surface area contributed by atoms with Crippen molar-refractivity contribution in [1.82, 2.24) is 20.1 Å². The summed E-state index contributed by atoms with van der Waals surface area (Å²) in [5.74, 6) is 0.0394. The molecule has 1 aliphatic heterocycles. The fourth-order valence-electron chi connectivity index (χ4n) is 3.57. The normalized spacial score (nSPS) is 17.2. The Kier molecular flexibility index (Phi) is 3.92. The maximum absolute atomic E-state index is 13.0. The summed E-state index contributed by atoms with van der Waals surface area (Å²) in [6.45, 7) is 4.96. The van der Waals surface area contributed by atoms with E-state index in [0.717, 1.165) is 19.4 Å². The minimum Gasteiger partial charge on any atom is -0.329 e. The molecule has 0 spiro atoms. The molecule has 0 aliphatic carbocycles. The van der Waals surface area contributed by atoms with Gasteiger partial charge >= 0.3 is 0 Å². The van der Waals surface area contributed by atoms with E-state index in [1.54, 1.807) is 0 Å². The molecule has 0 radical (unpaired) electrons. The van der Waals surface area contributed by atoms with Gasteiger partial charge in [0.25, 0.3) is 5.91 Å². The summed E-state index contributed by atoms with van der Waals surface area (Å²) in [7, 11) is 0. The Hall–Kier alpha value is -2.82. The first-order chi connectivity index (χ1) is 12.1. The predicted octanol–water partition coefficient (Wildman–Crippen LogP) is 3.62. The second-order valence-corrected chi connectivity index (χ2v) is 6.57.